The Balaban J connectivity index is 1.64. The van der Waals surface area contributed by atoms with Crippen LogP contribution in [0.2, 0.25) is 0 Å². The maximum atomic E-state index is 13.2. The van der Waals surface area contributed by atoms with E-state index in [0.29, 0.717) is 25.5 Å². The van der Waals surface area contributed by atoms with Crippen molar-refractivity contribution >= 4 is 12.0 Å². The van der Waals surface area contributed by atoms with E-state index in [4.69, 9.17) is 9.15 Å². The number of hydrogen-bond acceptors (Lipinski definition) is 4. The Kier molecular flexibility index (Phi) is 5.98. The molecule has 0 radical (unpaired) electrons. The summed E-state index contributed by atoms with van der Waals surface area (Å²) in [7, 11) is 0. The lowest BCUT2D eigenvalue weighted by Crippen LogP contribution is -2.43. The maximum absolute atomic E-state index is 13.2. The Morgan fingerprint density at radius 3 is 2.68 bits per heavy atom. The molecule has 0 saturated carbocycles. The highest BCUT2D eigenvalue weighted by molar-refractivity contribution is 5.91. The van der Waals surface area contributed by atoms with Crippen LogP contribution in [-0.2, 0) is 9.53 Å². The quantitative estimate of drug-likeness (QED) is 0.819. The van der Waals surface area contributed by atoms with Gasteiger partial charge in [0.05, 0.1) is 25.5 Å². The molecule has 3 rings (SSSR count). The minimum Gasteiger partial charge on any atom is -0.465 e. The molecule has 1 atom stereocenters. The Morgan fingerprint density at radius 2 is 2.00 bits per heavy atom. The van der Waals surface area contributed by atoms with Gasteiger partial charge in [-0.2, -0.15) is 0 Å². The Labute approximate surface area is 146 Å². The van der Waals surface area contributed by atoms with Crippen molar-refractivity contribution in [2.75, 3.05) is 32.8 Å². The van der Waals surface area contributed by atoms with E-state index in [0.717, 1.165) is 18.7 Å². The third-order valence-corrected chi connectivity index (χ3v) is 4.15. The van der Waals surface area contributed by atoms with E-state index in [1.807, 2.05) is 0 Å². The first-order valence-electron chi connectivity index (χ1n) is 8.29. The molecule has 1 aromatic carbocycles. The van der Waals surface area contributed by atoms with E-state index in [2.05, 4.69) is 10.2 Å². The van der Waals surface area contributed by atoms with Gasteiger partial charge >= 0.3 is 0 Å². The van der Waals surface area contributed by atoms with Gasteiger partial charge in [-0.1, -0.05) is 12.1 Å². The van der Waals surface area contributed by atoms with E-state index >= 15 is 0 Å². The normalized spacial score (nSPS) is 16.8. The Hall–Kier alpha value is -2.44. The van der Waals surface area contributed by atoms with Crippen molar-refractivity contribution in [2.45, 2.75) is 6.04 Å². The zero-order chi connectivity index (χ0) is 17.5. The van der Waals surface area contributed by atoms with Crippen molar-refractivity contribution < 1.29 is 18.3 Å². The third-order valence-electron chi connectivity index (χ3n) is 4.15. The van der Waals surface area contributed by atoms with Crippen LogP contribution in [0, 0.1) is 5.82 Å². The molecular weight excluding hydrogens is 323 g/mol. The number of benzene rings is 1. The van der Waals surface area contributed by atoms with Gasteiger partial charge in [0.15, 0.2) is 0 Å². The van der Waals surface area contributed by atoms with Crippen LogP contribution in [0.25, 0.3) is 6.08 Å². The van der Waals surface area contributed by atoms with Crippen LogP contribution in [0.15, 0.2) is 53.2 Å². The molecule has 132 valence electrons. The van der Waals surface area contributed by atoms with Crippen molar-refractivity contribution in [2.24, 2.45) is 0 Å². The van der Waals surface area contributed by atoms with Gasteiger partial charge in [-0.15, -0.1) is 0 Å². The zero-order valence-electron chi connectivity index (χ0n) is 13.9. The van der Waals surface area contributed by atoms with Gasteiger partial charge in [-0.3, -0.25) is 9.69 Å². The van der Waals surface area contributed by atoms with Crippen molar-refractivity contribution in [3.63, 3.8) is 0 Å². The SMILES string of the molecule is O=C(/C=C/c1ccco1)NC[C@@H](c1ccc(F)cc1)N1CCOCC1. The van der Waals surface area contributed by atoms with Crippen molar-refractivity contribution in [1.29, 1.82) is 0 Å². The fourth-order valence-electron chi connectivity index (χ4n) is 2.83. The summed E-state index contributed by atoms with van der Waals surface area (Å²) in [6.45, 7) is 3.31. The van der Waals surface area contributed by atoms with Crippen molar-refractivity contribution in [1.82, 2.24) is 10.2 Å². The summed E-state index contributed by atoms with van der Waals surface area (Å²) < 4.78 is 23.8. The average Bonchev–Trinajstić information content (AvgIpc) is 3.16. The predicted molar refractivity (Wildman–Crippen MR) is 92.3 cm³/mol. The van der Waals surface area contributed by atoms with Crippen molar-refractivity contribution in [3.05, 3.63) is 65.9 Å². The van der Waals surface area contributed by atoms with Gasteiger partial charge in [0.1, 0.15) is 11.6 Å². The van der Waals surface area contributed by atoms with E-state index in [-0.39, 0.29) is 17.8 Å². The second kappa shape index (κ2) is 8.60. The number of rotatable bonds is 6. The van der Waals surface area contributed by atoms with Crippen LogP contribution in [0.1, 0.15) is 17.4 Å². The van der Waals surface area contributed by atoms with Crippen LogP contribution in [0.5, 0.6) is 0 Å². The molecule has 1 N–H and O–H groups in total. The summed E-state index contributed by atoms with van der Waals surface area (Å²) in [6.07, 6.45) is 4.62. The second-order valence-electron chi connectivity index (χ2n) is 5.81. The molecule has 2 heterocycles. The summed E-state index contributed by atoms with van der Waals surface area (Å²) in [6, 6.07) is 9.94. The summed E-state index contributed by atoms with van der Waals surface area (Å²) in [4.78, 5) is 14.3. The topological polar surface area (TPSA) is 54.7 Å². The van der Waals surface area contributed by atoms with Crippen molar-refractivity contribution in [3.8, 4) is 0 Å². The van der Waals surface area contributed by atoms with Crippen LogP contribution >= 0.6 is 0 Å². The highest BCUT2D eigenvalue weighted by atomic mass is 19.1. The van der Waals surface area contributed by atoms with Gasteiger partial charge in [0.25, 0.3) is 0 Å². The highest BCUT2D eigenvalue weighted by Gasteiger charge is 2.23. The average molecular weight is 344 g/mol. The molecule has 0 unspecified atom stereocenters. The molecule has 1 saturated heterocycles. The van der Waals surface area contributed by atoms with E-state index < -0.39 is 0 Å². The van der Waals surface area contributed by atoms with Crippen LogP contribution < -0.4 is 5.32 Å². The molecule has 1 fully saturated rings. The van der Waals surface area contributed by atoms with Crippen LogP contribution in [-0.4, -0.2) is 43.7 Å². The molecular formula is C19H21FN2O3. The number of amides is 1. The molecule has 0 aliphatic carbocycles. The lowest BCUT2D eigenvalue weighted by molar-refractivity contribution is -0.116. The Bertz CT molecular complexity index is 692. The van der Waals surface area contributed by atoms with Crippen LogP contribution in [0.3, 0.4) is 0 Å². The third kappa shape index (κ3) is 5.01. The molecule has 0 spiro atoms. The molecule has 1 aromatic heterocycles. The van der Waals surface area contributed by atoms with Crippen LogP contribution in [0.4, 0.5) is 4.39 Å². The molecule has 6 heteroatoms. The molecule has 5 nitrogen and oxygen atoms in total. The van der Waals surface area contributed by atoms with E-state index in [9.17, 15) is 9.18 Å². The number of carbonyl (C=O) groups is 1. The number of furan rings is 1. The predicted octanol–water partition coefficient (Wildman–Crippen LogP) is 2.62. The van der Waals surface area contributed by atoms with E-state index in [1.165, 1.54) is 18.2 Å². The number of carbonyl (C=O) groups excluding carboxylic acids is 1. The highest BCUT2D eigenvalue weighted by Crippen LogP contribution is 2.21. The number of halogens is 1. The van der Waals surface area contributed by atoms with Gasteiger partial charge in [0.2, 0.25) is 5.91 Å². The Morgan fingerprint density at radius 1 is 1.24 bits per heavy atom. The number of nitrogens with zero attached hydrogens (tertiary/aromatic N) is 1. The monoisotopic (exact) mass is 344 g/mol. The fraction of sp³-hybridized carbons (Fsp3) is 0.316. The molecule has 1 aliphatic rings. The molecule has 1 aliphatic heterocycles. The molecule has 2 aromatic rings. The zero-order valence-corrected chi connectivity index (χ0v) is 13.9. The fourth-order valence-corrected chi connectivity index (χ4v) is 2.83. The van der Waals surface area contributed by atoms with Gasteiger partial charge in [0, 0.05) is 25.7 Å². The minimum absolute atomic E-state index is 0.0227. The number of hydrogen-bond donors (Lipinski definition) is 1. The van der Waals surface area contributed by atoms with Gasteiger partial charge in [-0.25, -0.2) is 4.39 Å². The largest absolute Gasteiger partial charge is 0.465 e. The molecule has 25 heavy (non-hydrogen) atoms. The number of ether oxygens (including phenoxy) is 1. The summed E-state index contributed by atoms with van der Waals surface area (Å²) in [5.74, 6) is 0.157. The smallest absolute Gasteiger partial charge is 0.244 e. The number of nitrogens with one attached hydrogen (secondary N) is 1. The first-order chi connectivity index (χ1) is 12.2. The first kappa shape index (κ1) is 17.4. The summed E-state index contributed by atoms with van der Waals surface area (Å²) in [5.41, 5.74) is 0.971. The van der Waals surface area contributed by atoms with Gasteiger partial charge < -0.3 is 14.5 Å². The second-order valence-corrected chi connectivity index (χ2v) is 5.81. The summed E-state index contributed by atoms with van der Waals surface area (Å²) >= 11 is 0. The summed E-state index contributed by atoms with van der Waals surface area (Å²) in [5, 5.41) is 2.91. The minimum atomic E-state index is -0.269. The first-order valence-corrected chi connectivity index (χ1v) is 8.29. The van der Waals surface area contributed by atoms with Gasteiger partial charge in [-0.05, 0) is 35.9 Å². The van der Waals surface area contributed by atoms with E-state index in [1.54, 1.807) is 36.6 Å². The molecule has 1 amide bonds. The lowest BCUT2D eigenvalue weighted by Gasteiger charge is -2.34. The maximum Gasteiger partial charge on any atom is 0.244 e. The lowest BCUT2D eigenvalue weighted by atomic mass is 10.0. The number of morpholine rings is 1. The standard InChI is InChI=1S/C19H21FN2O3/c20-16-5-3-15(4-6-16)18(22-9-12-24-13-10-22)14-21-19(23)8-7-17-2-1-11-25-17/h1-8,11,18H,9-10,12-14H2,(H,21,23)/b8-7+/t18-/m0/s1. The molecule has 0 bridgehead atoms.